The van der Waals surface area contributed by atoms with Gasteiger partial charge in [0.2, 0.25) is 11.2 Å². The Labute approximate surface area is 109 Å². The van der Waals surface area contributed by atoms with E-state index in [1.807, 2.05) is 6.92 Å². The lowest BCUT2D eigenvalue weighted by atomic mass is 10.7. The van der Waals surface area contributed by atoms with E-state index in [9.17, 15) is 0 Å². The predicted molar refractivity (Wildman–Crippen MR) is 63.9 cm³/mol. The van der Waals surface area contributed by atoms with Crippen LogP contribution in [-0.4, -0.2) is 44.3 Å². The second-order valence-corrected chi connectivity index (χ2v) is 3.54. The number of halogens is 1. The first-order chi connectivity index (χ1) is 8.79. The summed E-state index contributed by atoms with van der Waals surface area (Å²) in [5, 5.41) is 0.0695. The first-order valence-corrected chi connectivity index (χ1v) is 5.78. The SMILES string of the molecule is CCOCCOc1nc(Cl)nc(-n2ccnc2)n1. The fourth-order valence-corrected chi connectivity index (χ4v) is 1.36. The molecule has 0 spiro atoms. The topological polar surface area (TPSA) is 75.0 Å². The van der Waals surface area contributed by atoms with Gasteiger partial charge in [-0.25, -0.2) is 4.98 Å². The molecule has 2 heterocycles. The molecule has 0 bridgehead atoms. The van der Waals surface area contributed by atoms with E-state index in [1.165, 1.54) is 0 Å². The molecule has 2 rings (SSSR count). The Morgan fingerprint density at radius 3 is 2.89 bits per heavy atom. The van der Waals surface area contributed by atoms with Crippen LogP contribution in [-0.2, 0) is 4.74 Å². The minimum atomic E-state index is 0.0695. The average Bonchev–Trinajstić information content (AvgIpc) is 2.88. The van der Waals surface area contributed by atoms with Gasteiger partial charge in [-0.05, 0) is 18.5 Å². The van der Waals surface area contributed by atoms with Crippen molar-refractivity contribution < 1.29 is 9.47 Å². The molecule has 2 aromatic heterocycles. The smallest absolute Gasteiger partial charge is 0.322 e. The Balaban J connectivity index is 2.07. The van der Waals surface area contributed by atoms with Crippen molar-refractivity contribution in [3.8, 4) is 12.0 Å². The number of aromatic nitrogens is 5. The zero-order valence-corrected chi connectivity index (χ0v) is 10.5. The molecule has 2 aromatic rings. The van der Waals surface area contributed by atoms with E-state index in [-0.39, 0.29) is 11.3 Å². The zero-order chi connectivity index (χ0) is 12.8. The maximum Gasteiger partial charge on any atom is 0.322 e. The van der Waals surface area contributed by atoms with Gasteiger partial charge in [-0.15, -0.1) is 0 Å². The molecular weight excluding hydrogens is 258 g/mol. The molecule has 96 valence electrons. The molecule has 0 fully saturated rings. The fraction of sp³-hybridized carbons (Fsp3) is 0.400. The van der Waals surface area contributed by atoms with Crippen molar-refractivity contribution in [2.45, 2.75) is 6.92 Å². The largest absolute Gasteiger partial charge is 0.461 e. The first kappa shape index (κ1) is 12.7. The maximum absolute atomic E-state index is 5.80. The van der Waals surface area contributed by atoms with Crippen LogP contribution in [0.2, 0.25) is 5.28 Å². The third-order valence-electron chi connectivity index (χ3n) is 1.97. The summed E-state index contributed by atoms with van der Waals surface area (Å²) < 4.78 is 12.1. The van der Waals surface area contributed by atoms with Gasteiger partial charge >= 0.3 is 6.01 Å². The molecule has 0 atom stereocenters. The van der Waals surface area contributed by atoms with Crippen molar-refractivity contribution in [3.05, 3.63) is 24.0 Å². The van der Waals surface area contributed by atoms with Crippen LogP contribution in [0, 0.1) is 0 Å². The predicted octanol–water partition coefficient (Wildman–Crippen LogP) is 1.13. The quantitative estimate of drug-likeness (QED) is 0.732. The van der Waals surface area contributed by atoms with E-state index in [4.69, 9.17) is 21.1 Å². The van der Waals surface area contributed by atoms with Gasteiger partial charge in [-0.2, -0.15) is 15.0 Å². The minimum Gasteiger partial charge on any atom is -0.461 e. The lowest BCUT2D eigenvalue weighted by Gasteiger charge is -2.06. The number of hydrogen-bond donors (Lipinski definition) is 0. The molecule has 0 saturated carbocycles. The highest BCUT2D eigenvalue weighted by atomic mass is 35.5. The molecule has 8 heteroatoms. The Hall–Kier alpha value is -1.73. The lowest BCUT2D eigenvalue weighted by molar-refractivity contribution is 0.106. The summed E-state index contributed by atoms with van der Waals surface area (Å²) in [7, 11) is 0. The highest BCUT2D eigenvalue weighted by molar-refractivity contribution is 6.28. The van der Waals surface area contributed by atoms with Crippen LogP contribution in [0.1, 0.15) is 6.92 Å². The van der Waals surface area contributed by atoms with E-state index < -0.39 is 0 Å². The standard InChI is InChI=1S/C10H12ClN5O2/c1-2-17-5-6-18-10-14-8(11)13-9(15-10)16-4-3-12-7-16/h3-4,7H,2,5-6H2,1H3. The molecule has 0 aromatic carbocycles. The van der Waals surface area contributed by atoms with E-state index in [0.29, 0.717) is 25.8 Å². The Bertz CT molecular complexity index is 491. The number of nitrogens with zero attached hydrogens (tertiary/aromatic N) is 5. The van der Waals surface area contributed by atoms with Crippen LogP contribution in [0.15, 0.2) is 18.7 Å². The molecule has 0 N–H and O–H groups in total. The Morgan fingerprint density at radius 2 is 2.17 bits per heavy atom. The van der Waals surface area contributed by atoms with Crippen LogP contribution in [0.4, 0.5) is 0 Å². The number of hydrogen-bond acceptors (Lipinski definition) is 6. The summed E-state index contributed by atoms with van der Waals surface area (Å²) in [4.78, 5) is 15.9. The third kappa shape index (κ3) is 3.38. The monoisotopic (exact) mass is 269 g/mol. The summed E-state index contributed by atoms with van der Waals surface area (Å²) in [5.41, 5.74) is 0. The molecule has 7 nitrogen and oxygen atoms in total. The maximum atomic E-state index is 5.80. The van der Waals surface area contributed by atoms with E-state index in [1.54, 1.807) is 23.3 Å². The van der Waals surface area contributed by atoms with Crippen molar-refractivity contribution in [1.82, 2.24) is 24.5 Å². The highest BCUT2D eigenvalue weighted by Crippen LogP contribution is 2.10. The zero-order valence-electron chi connectivity index (χ0n) is 9.78. The van der Waals surface area contributed by atoms with Gasteiger partial charge in [0.05, 0.1) is 6.61 Å². The molecule has 0 aliphatic heterocycles. The summed E-state index contributed by atoms with van der Waals surface area (Å²) in [6.07, 6.45) is 4.89. The molecule has 0 amide bonds. The Morgan fingerprint density at radius 1 is 1.28 bits per heavy atom. The van der Waals surface area contributed by atoms with Gasteiger partial charge in [0.1, 0.15) is 12.9 Å². The summed E-state index contributed by atoms with van der Waals surface area (Å²) >= 11 is 5.80. The number of rotatable bonds is 6. The summed E-state index contributed by atoms with van der Waals surface area (Å²) in [6.45, 7) is 3.39. The lowest BCUT2D eigenvalue weighted by Crippen LogP contribution is -2.10. The summed E-state index contributed by atoms with van der Waals surface area (Å²) in [6, 6.07) is 0.165. The van der Waals surface area contributed by atoms with Gasteiger partial charge in [-0.3, -0.25) is 4.57 Å². The third-order valence-corrected chi connectivity index (χ3v) is 2.14. The molecule has 0 unspecified atom stereocenters. The second kappa shape index (κ2) is 6.27. The first-order valence-electron chi connectivity index (χ1n) is 5.40. The van der Waals surface area contributed by atoms with Gasteiger partial charge < -0.3 is 9.47 Å². The number of imidazole rings is 1. The van der Waals surface area contributed by atoms with Gasteiger partial charge in [0, 0.05) is 19.0 Å². The van der Waals surface area contributed by atoms with Gasteiger partial charge in [-0.1, -0.05) is 0 Å². The van der Waals surface area contributed by atoms with Crippen LogP contribution in [0.3, 0.4) is 0 Å². The average molecular weight is 270 g/mol. The molecule has 18 heavy (non-hydrogen) atoms. The van der Waals surface area contributed by atoms with Crippen molar-refractivity contribution in [3.63, 3.8) is 0 Å². The Kier molecular flexibility index (Phi) is 4.43. The van der Waals surface area contributed by atoms with Crippen LogP contribution < -0.4 is 4.74 Å². The van der Waals surface area contributed by atoms with Crippen LogP contribution in [0.25, 0.3) is 5.95 Å². The van der Waals surface area contributed by atoms with E-state index in [2.05, 4.69) is 19.9 Å². The van der Waals surface area contributed by atoms with E-state index in [0.717, 1.165) is 0 Å². The van der Waals surface area contributed by atoms with Crippen LogP contribution >= 0.6 is 11.6 Å². The minimum absolute atomic E-state index is 0.0695. The molecular formula is C10H12ClN5O2. The highest BCUT2D eigenvalue weighted by Gasteiger charge is 2.07. The van der Waals surface area contributed by atoms with Gasteiger partial charge in [0.25, 0.3) is 0 Å². The molecule has 0 radical (unpaired) electrons. The van der Waals surface area contributed by atoms with Crippen molar-refractivity contribution in [1.29, 1.82) is 0 Å². The second-order valence-electron chi connectivity index (χ2n) is 3.20. The normalized spacial score (nSPS) is 10.6. The molecule has 0 aliphatic carbocycles. The van der Waals surface area contributed by atoms with Gasteiger partial charge in [0.15, 0.2) is 0 Å². The summed E-state index contributed by atoms with van der Waals surface area (Å²) in [5.74, 6) is 0.360. The van der Waals surface area contributed by atoms with Crippen LogP contribution in [0.5, 0.6) is 6.01 Å². The van der Waals surface area contributed by atoms with Crippen molar-refractivity contribution >= 4 is 11.6 Å². The molecule has 0 saturated heterocycles. The number of ether oxygens (including phenoxy) is 2. The van der Waals surface area contributed by atoms with E-state index >= 15 is 0 Å². The fourth-order valence-electron chi connectivity index (χ4n) is 1.22. The van der Waals surface area contributed by atoms with Crippen molar-refractivity contribution in [2.75, 3.05) is 19.8 Å². The molecule has 0 aliphatic rings. The van der Waals surface area contributed by atoms with Crippen molar-refractivity contribution in [2.24, 2.45) is 0 Å².